The molecular weight excluding hydrogens is 179 g/mol. The predicted octanol–water partition coefficient (Wildman–Crippen LogP) is 2.03. The lowest BCUT2D eigenvalue weighted by Crippen LogP contribution is -2.26. The summed E-state index contributed by atoms with van der Waals surface area (Å²) in [5, 5.41) is 0. The molecule has 8 heavy (non-hydrogen) atoms. The minimum atomic E-state index is -2.21. The van der Waals surface area contributed by atoms with Crippen LogP contribution in [0.5, 0.6) is 0 Å². The lowest BCUT2D eigenvalue weighted by molar-refractivity contribution is 0.613. The molecule has 5 heteroatoms. The summed E-state index contributed by atoms with van der Waals surface area (Å²) < 4.78 is 5.25. The minimum Gasteiger partial charge on any atom is -0.437 e. The molecule has 0 rings (SSSR count). The van der Waals surface area contributed by atoms with E-state index in [1.54, 1.807) is 6.55 Å². The molecule has 0 aromatic rings. The summed E-state index contributed by atoms with van der Waals surface area (Å²) >= 11 is 11.3. The second kappa shape index (κ2) is 3.22. The molecule has 0 aliphatic heterocycles. The Morgan fingerprint density at radius 2 is 1.75 bits per heavy atom. The second-order valence-corrected chi connectivity index (χ2v) is 11.5. The molecule has 0 bridgehead atoms. The normalized spacial score (nSPS) is 12.8. The molecular formula is C3H10Cl2OSi2. The summed E-state index contributed by atoms with van der Waals surface area (Å²) in [6.07, 6.45) is 0. The molecule has 0 saturated heterocycles. The van der Waals surface area contributed by atoms with Crippen molar-refractivity contribution in [3.8, 4) is 0 Å². The highest BCUT2D eigenvalue weighted by molar-refractivity contribution is 7.42. The van der Waals surface area contributed by atoms with Crippen LogP contribution in [0.1, 0.15) is 0 Å². The van der Waals surface area contributed by atoms with Crippen LogP contribution in [-0.4, -0.2) is 16.0 Å². The number of hydrogen-bond donors (Lipinski definition) is 0. The molecule has 0 aliphatic rings. The van der Waals surface area contributed by atoms with Crippen LogP contribution in [0.2, 0.25) is 19.6 Å². The number of hydrogen-bond acceptors (Lipinski definition) is 1. The Kier molecular flexibility index (Phi) is 3.61. The highest BCUT2D eigenvalue weighted by Crippen LogP contribution is 2.15. The van der Waals surface area contributed by atoms with E-state index in [4.69, 9.17) is 26.3 Å². The zero-order valence-corrected chi connectivity index (χ0v) is 8.91. The average Bonchev–Trinajstić information content (AvgIpc) is 1.21. The molecule has 0 N–H and O–H groups in total. The van der Waals surface area contributed by atoms with Gasteiger partial charge in [0.05, 0.1) is 0 Å². The minimum absolute atomic E-state index is 0.998. The molecule has 1 nitrogen and oxygen atoms in total. The summed E-state index contributed by atoms with van der Waals surface area (Å²) in [5.74, 6) is 0. The number of rotatable bonds is 2. The molecule has 0 saturated carbocycles. The summed E-state index contributed by atoms with van der Waals surface area (Å²) in [6.45, 7) is 3.66. The topological polar surface area (TPSA) is 9.23 Å². The third kappa shape index (κ3) is 6.97. The predicted molar refractivity (Wildman–Crippen MR) is 43.3 cm³/mol. The summed E-state index contributed by atoms with van der Waals surface area (Å²) in [5.41, 5.74) is 0. The maximum absolute atomic E-state index is 5.64. The zero-order valence-electron chi connectivity index (χ0n) is 5.24. The van der Waals surface area contributed by atoms with Gasteiger partial charge in [-0.3, -0.25) is 0 Å². The van der Waals surface area contributed by atoms with E-state index >= 15 is 0 Å². The van der Waals surface area contributed by atoms with Gasteiger partial charge in [-0.25, -0.2) is 0 Å². The molecule has 0 unspecified atom stereocenters. The largest absolute Gasteiger partial charge is 0.437 e. The first kappa shape index (κ1) is 8.97. The Morgan fingerprint density at radius 3 is 1.75 bits per heavy atom. The molecule has 0 spiro atoms. The highest BCUT2D eigenvalue weighted by Gasteiger charge is 2.23. The smallest absolute Gasteiger partial charge is 0.375 e. The lowest BCUT2D eigenvalue weighted by atomic mass is 11.9. The molecule has 0 aromatic heterocycles. The zero-order chi connectivity index (χ0) is 6.78. The van der Waals surface area contributed by atoms with Crippen LogP contribution < -0.4 is 0 Å². The van der Waals surface area contributed by atoms with E-state index in [-0.39, 0.29) is 0 Å². The molecule has 0 radical (unpaired) electrons. The molecule has 0 fully saturated rings. The van der Waals surface area contributed by atoms with Crippen molar-refractivity contribution in [1.29, 1.82) is 0 Å². The van der Waals surface area contributed by atoms with E-state index in [9.17, 15) is 0 Å². The fraction of sp³-hybridized carbons (Fsp3) is 1.00. The Labute approximate surface area is 62.2 Å². The highest BCUT2D eigenvalue weighted by atomic mass is 35.7. The molecule has 0 aliphatic carbocycles. The quantitative estimate of drug-likeness (QED) is 0.477. The Balaban J connectivity index is 3.39. The summed E-state index contributed by atoms with van der Waals surface area (Å²) in [6, 6.07) is 0. The van der Waals surface area contributed by atoms with Gasteiger partial charge in [-0.2, -0.15) is 0 Å². The molecule has 0 aromatic carbocycles. The van der Waals surface area contributed by atoms with Crippen molar-refractivity contribution >= 4 is 38.1 Å². The van der Waals surface area contributed by atoms with Gasteiger partial charge in [0.15, 0.2) is 9.04 Å². The maximum Gasteiger partial charge on any atom is 0.375 e. The van der Waals surface area contributed by atoms with Crippen molar-refractivity contribution < 1.29 is 4.12 Å². The van der Waals surface area contributed by atoms with Gasteiger partial charge in [0.2, 0.25) is 0 Å². The third-order valence-electron chi connectivity index (χ3n) is 0.443. The molecule has 0 atom stereocenters. The first-order valence-corrected chi connectivity index (χ1v) is 9.69. The average molecular weight is 189 g/mol. The second-order valence-electron chi connectivity index (χ2n) is 1.97. The Hall–Kier alpha value is 0.974. The van der Waals surface area contributed by atoms with Crippen LogP contribution in [0.3, 0.4) is 0 Å². The fourth-order valence-corrected chi connectivity index (χ4v) is 6.93. The van der Waals surface area contributed by atoms with E-state index in [1.807, 2.05) is 0 Å². The van der Waals surface area contributed by atoms with Gasteiger partial charge in [0.1, 0.15) is 0 Å². The van der Waals surface area contributed by atoms with E-state index in [0.717, 1.165) is 0 Å². The van der Waals surface area contributed by atoms with Crippen molar-refractivity contribution in [2.75, 3.05) is 0 Å². The van der Waals surface area contributed by atoms with Crippen molar-refractivity contribution in [2.24, 2.45) is 0 Å². The van der Waals surface area contributed by atoms with E-state index < -0.39 is 16.0 Å². The van der Waals surface area contributed by atoms with Gasteiger partial charge in [0, 0.05) is 0 Å². The first-order valence-electron chi connectivity index (χ1n) is 2.47. The first-order chi connectivity index (χ1) is 3.42. The van der Waals surface area contributed by atoms with Crippen molar-refractivity contribution in [3.05, 3.63) is 0 Å². The summed E-state index contributed by atoms with van der Waals surface area (Å²) in [4.78, 5) is 0. The number of halogens is 2. The van der Waals surface area contributed by atoms with Gasteiger partial charge >= 0.3 is 6.94 Å². The van der Waals surface area contributed by atoms with Gasteiger partial charge in [0.25, 0.3) is 0 Å². The lowest BCUT2D eigenvalue weighted by Gasteiger charge is -2.13. The van der Waals surface area contributed by atoms with Gasteiger partial charge in [-0.1, -0.05) is 0 Å². The Bertz CT molecular complexity index is 70.2. The van der Waals surface area contributed by atoms with Crippen LogP contribution >= 0.6 is 22.2 Å². The maximum atomic E-state index is 5.64. The molecule has 50 valence electrons. The van der Waals surface area contributed by atoms with E-state index in [1.165, 1.54) is 0 Å². The van der Waals surface area contributed by atoms with Crippen LogP contribution in [-0.2, 0) is 4.12 Å². The summed E-state index contributed by atoms with van der Waals surface area (Å²) in [7, 11) is -0.998. The monoisotopic (exact) mass is 188 g/mol. The van der Waals surface area contributed by atoms with Crippen LogP contribution in [0, 0.1) is 0 Å². The standard InChI is InChI=1S/C3H10Cl2OSi2/c1-7(2)6-8(3,4)5/h7H,1-3H3. The van der Waals surface area contributed by atoms with Crippen molar-refractivity contribution in [2.45, 2.75) is 19.6 Å². The third-order valence-corrected chi connectivity index (χ3v) is 5.59. The SMILES string of the molecule is C[SiH](C)O[Si](C)(Cl)Cl. The fourth-order valence-electron chi connectivity index (χ4n) is 0.414. The van der Waals surface area contributed by atoms with E-state index in [0.29, 0.717) is 0 Å². The van der Waals surface area contributed by atoms with Gasteiger partial charge in [-0.15, -0.1) is 22.2 Å². The molecule has 0 amide bonds. The van der Waals surface area contributed by atoms with Crippen LogP contribution in [0.25, 0.3) is 0 Å². The van der Waals surface area contributed by atoms with Crippen molar-refractivity contribution in [1.82, 2.24) is 0 Å². The van der Waals surface area contributed by atoms with Gasteiger partial charge in [-0.05, 0) is 19.6 Å². The van der Waals surface area contributed by atoms with Crippen LogP contribution in [0.15, 0.2) is 0 Å². The Morgan fingerprint density at radius 1 is 1.38 bits per heavy atom. The van der Waals surface area contributed by atoms with Crippen molar-refractivity contribution in [3.63, 3.8) is 0 Å². The van der Waals surface area contributed by atoms with Crippen LogP contribution in [0.4, 0.5) is 0 Å². The van der Waals surface area contributed by atoms with E-state index in [2.05, 4.69) is 13.1 Å². The molecule has 0 heterocycles. The van der Waals surface area contributed by atoms with Gasteiger partial charge < -0.3 is 4.12 Å².